The van der Waals surface area contributed by atoms with Crippen LogP contribution in [0.3, 0.4) is 0 Å². The second kappa shape index (κ2) is 4.16. The smallest absolute Gasteiger partial charge is 0.160 e. The lowest BCUT2D eigenvalue weighted by Crippen LogP contribution is -2.10. The van der Waals surface area contributed by atoms with E-state index in [0.29, 0.717) is 0 Å². The van der Waals surface area contributed by atoms with E-state index in [1.54, 1.807) is 14.2 Å². The summed E-state index contributed by atoms with van der Waals surface area (Å²) in [4.78, 5) is 0. The summed E-state index contributed by atoms with van der Waals surface area (Å²) in [5.41, 5.74) is 0. The van der Waals surface area contributed by atoms with Gasteiger partial charge in [0.2, 0.25) is 0 Å². The minimum Gasteiger partial charge on any atom is -0.493 e. The minimum atomic E-state index is 0.791. The molecule has 1 rings (SSSR count). The molecule has 0 saturated carbocycles. The fourth-order valence-corrected chi connectivity index (χ4v) is 1.52. The molecule has 1 aromatic carbocycles. The van der Waals surface area contributed by atoms with Gasteiger partial charge < -0.3 is 9.47 Å². The lowest BCUT2D eigenvalue weighted by Gasteiger charge is -2.07. The lowest BCUT2D eigenvalue weighted by atomic mass is 10.3. The Morgan fingerprint density at radius 2 is 1.75 bits per heavy atom. The Morgan fingerprint density at radius 3 is 2.25 bits per heavy atom. The summed E-state index contributed by atoms with van der Waals surface area (Å²) >= 11 is 0. The first kappa shape index (κ1) is 9.13. The molecule has 0 atom stereocenters. The van der Waals surface area contributed by atoms with Crippen molar-refractivity contribution in [1.82, 2.24) is 0 Å². The third-order valence-electron chi connectivity index (χ3n) is 1.67. The van der Waals surface area contributed by atoms with Crippen molar-refractivity contribution in [3.05, 3.63) is 18.2 Å². The molecular formula is C9H12O2Si. The fraction of sp³-hybridized carbons (Fsp3) is 0.333. The summed E-state index contributed by atoms with van der Waals surface area (Å²) in [6.07, 6.45) is 0. The molecular weight excluding hydrogens is 168 g/mol. The zero-order valence-electron chi connectivity index (χ0n) is 7.55. The van der Waals surface area contributed by atoms with Crippen LogP contribution >= 0.6 is 0 Å². The maximum atomic E-state index is 5.16. The van der Waals surface area contributed by atoms with E-state index in [2.05, 4.69) is 12.6 Å². The predicted octanol–water partition coefficient (Wildman–Crippen LogP) is 1.08. The van der Waals surface area contributed by atoms with Crippen molar-refractivity contribution in [2.24, 2.45) is 0 Å². The van der Waals surface area contributed by atoms with Crippen molar-refractivity contribution in [3.8, 4) is 11.5 Å². The molecule has 64 valence electrons. The molecule has 0 aliphatic carbocycles. The van der Waals surface area contributed by atoms with Crippen molar-refractivity contribution in [2.45, 2.75) is 6.55 Å². The van der Waals surface area contributed by atoms with Gasteiger partial charge in [-0.3, -0.25) is 0 Å². The van der Waals surface area contributed by atoms with Gasteiger partial charge in [0.15, 0.2) is 11.5 Å². The van der Waals surface area contributed by atoms with E-state index in [4.69, 9.17) is 9.47 Å². The van der Waals surface area contributed by atoms with Crippen molar-refractivity contribution in [1.29, 1.82) is 0 Å². The molecule has 0 aromatic heterocycles. The first-order chi connectivity index (χ1) is 5.81. The molecule has 0 amide bonds. The van der Waals surface area contributed by atoms with Crippen LogP contribution in [0.5, 0.6) is 11.5 Å². The molecule has 0 aliphatic rings. The molecule has 0 unspecified atom stereocenters. The molecule has 12 heavy (non-hydrogen) atoms. The van der Waals surface area contributed by atoms with E-state index >= 15 is 0 Å². The quantitative estimate of drug-likeness (QED) is 0.648. The monoisotopic (exact) mass is 180 g/mol. The zero-order valence-corrected chi connectivity index (χ0v) is 8.55. The van der Waals surface area contributed by atoms with E-state index in [0.717, 1.165) is 21.0 Å². The topological polar surface area (TPSA) is 18.5 Å². The zero-order chi connectivity index (χ0) is 8.97. The molecule has 0 heterocycles. The first-order valence-corrected chi connectivity index (χ1v) is 5.21. The van der Waals surface area contributed by atoms with Crippen LogP contribution in [0, 0.1) is 0 Å². The fourth-order valence-electron chi connectivity index (χ4n) is 0.992. The van der Waals surface area contributed by atoms with E-state index in [9.17, 15) is 0 Å². The van der Waals surface area contributed by atoms with Crippen LogP contribution in [-0.4, -0.2) is 23.7 Å². The van der Waals surface area contributed by atoms with Gasteiger partial charge in [0.05, 0.1) is 23.7 Å². The van der Waals surface area contributed by atoms with Crippen LogP contribution in [0.25, 0.3) is 0 Å². The summed E-state index contributed by atoms with van der Waals surface area (Å²) in [6.45, 7) is 2.14. The summed E-state index contributed by atoms with van der Waals surface area (Å²) in [5, 5.41) is 1.28. The Morgan fingerprint density at radius 1 is 1.08 bits per heavy atom. The van der Waals surface area contributed by atoms with Gasteiger partial charge in [0.25, 0.3) is 0 Å². The van der Waals surface area contributed by atoms with E-state index < -0.39 is 0 Å². The Kier molecular flexibility index (Phi) is 3.16. The summed E-state index contributed by atoms with van der Waals surface area (Å²) in [7, 11) is 4.09. The number of hydrogen-bond acceptors (Lipinski definition) is 2. The number of ether oxygens (including phenoxy) is 2. The Bertz CT molecular complexity index is 261. The van der Waals surface area contributed by atoms with E-state index in [1.165, 1.54) is 5.19 Å². The van der Waals surface area contributed by atoms with Gasteiger partial charge >= 0.3 is 0 Å². The number of rotatable bonds is 3. The second-order valence-corrected chi connectivity index (χ2v) is 3.40. The lowest BCUT2D eigenvalue weighted by molar-refractivity contribution is 0.355. The summed E-state index contributed by atoms with van der Waals surface area (Å²) in [5.74, 6) is 1.60. The van der Waals surface area contributed by atoms with Gasteiger partial charge in [-0.15, -0.1) is 0 Å². The molecule has 0 bridgehead atoms. The third-order valence-corrected chi connectivity index (χ3v) is 2.56. The molecule has 3 heteroatoms. The second-order valence-electron chi connectivity index (χ2n) is 2.32. The van der Waals surface area contributed by atoms with Gasteiger partial charge in [-0.25, -0.2) is 0 Å². The van der Waals surface area contributed by atoms with Crippen LogP contribution < -0.4 is 14.7 Å². The highest BCUT2D eigenvalue weighted by Gasteiger charge is 2.02. The van der Waals surface area contributed by atoms with Crippen LogP contribution in [-0.2, 0) is 0 Å². The average Bonchev–Trinajstić information content (AvgIpc) is 2.16. The molecule has 2 radical (unpaired) electrons. The highest BCUT2D eigenvalue weighted by Crippen LogP contribution is 2.23. The predicted molar refractivity (Wildman–Crippen MR) is 50.8 cm³/mol. The minimum absolute atomic E-state index is 0.791. The Hall–Kier alpha value is -0.963. The van der Waals surface area contributed by atoms with Crippen LogP contribution in [0.4, 0.5) is 0 Å². The maximum absolute atomic E-state index is 5.16. The molecule has 2 nitrogen and oxygen atoms in total. The summed E-state index contributed by atoms with van der Waals surface area (Å²) in [6, 6.07) is 6.00. The van der Waals surface area contributed by atoms with E-state index in [-0.39, 0.29) is 0 Å². The maximum Gasteiger partial charge on any atom is 0.160 e. The average molecular weight is 180 g/mol. The Labute approximate surface area is 75.3 Å². The number of benzene rings is 1. The molecule has 1 aromatic rings. The molecule has 0 aliphatic heterocycles. The number of methoxy groups -OCH3 is 2. The van der Waals surface area contributed by atoms with E-state index in [1.807, 2.05) is 12.1 Å². The van der Waals surface area contributed by atoms with Gasteiger partial charge in [-0.05, 0) is 12.1 Å². The van der Waals surface area contributed by atoms with Crippen LogP contribution in [0.2, 0.25) is 6.55 Å². The van der Waals surface area contributed by atoms with Crippen molar-refractivity contribution in [2.75, 3.05) is 14.2 Å². The molecule has 0 spiro atoms. The molecule has 0 saturated heterocycles. The third kappa shape index (κ3) is 1.79. The standard InChI is InChI=1S/C9H12O2Si/c1-10-8-5-4-7(12-3)6-9(8)11-2/h4-6H,1-3H3. The van der Waals surface area contributed by atoms with Crippen molar-refractivity contribution < 1.29 is 9.47 Å². The highest BCUT2D eigenvalue weighted by molar-refractivity contribution is 6.52. The SMILES string of the molecule is COc1ccc([Si]C)cc1OC. The molecule has 0 N–H and O–H groups in total. The Balaban J connectivity index is 3.02. The normalized spacial score (nSPS) is 9.58. The molecule has 0 fully saturated rings. The van der Waals surface area contributed by atoms with Gasteiger partial charge in [0.1, 0.15) is 0 Å². The van der Waals surface area contributed by atoms with Gasteiger partial charge in [-0.1, -0.05) is 17.8 Å². The van der Waals surface area contributed by atoms with Gasteiger partial charge in [0, 0.05) is 0 Å². The first-order valence-electron chi connectivity index (χ1n) is 3.71. The van der Waals surface area contributed by atoms with Crippen molar-refractivity contribution in [3.63, 3.8) is 0 Å². The van der Waals surface area contributed by atoms with Crippen LogP contribution in [0.15, 0.2) is 18.2 Å². The van der Waals surface area contributed by atoms with Gasteiger partial charge in [-0.2, -0.15) is 0 Å². The summed E-state index contributed by atoms with van der Waals surface area (Å²) < 4.78 is 10.3. The number of hydrogen-bond donors (Lipinski definition) is 0. The van der Waals surface area contributed by atoms with Crippen LogP contribution in [0.1, 0.15) is 0 Å². The highest BCUT2D eigenvalue weighted by atomic mass is 28.2. The largest absolute Gasteiger partial charge is 0.493 e. The van der Waals surface area contributed by atoms with Crippen molar-refractivity contribution >= 4 is 14.7 Å².